The summed E-state index contributed by atoms with van der Waals surface area (Å²) in [6.45, 7) is 4.19. The van der Waals surface area contributed by atoms with Crippen molar-refractivity contribution in [3.05, 3.63) is 6.42 Å². The lowest BCUT2D eigenvalue weighted by molar-refractivity contribution is 0.254. The van der Waals surface area contributed by atoms with Gasteiger partial charge in [0.25, 0.3) is 0 Å². The maximum atomic E-state index is 8.30. The summed E-state index contributed by atoms with van der Waals surface area (Å²) in [6.07, 6.45) is 1.97. The maximum Gasteiger partial charge on any atom is 0.0459 e. The van der Waals surface area contributed by atoms with Crippen molar-refractivity contribution in [2.24, 2.45) is 5.92 Å². The van der Waals surface area contributed by atoms with E-state index in [1.54, 1.807) is 0 Å². The largest absolute Gasteiger partial charge is 0.396 e. The van der Waals surface area contributed by atoms with Crippen molar-refractivity contribution in [2.75, 3.05) is 6.61 Å². The van der Waals surface area contributed by atoms with Crippen LogP contribution in [0.5, 0.6) is 0 Å². The number of hydrogen-bond donors (Lipinski definition) is 1. The SMILES string of the molecule is C[CH][C@H](C)CO. The molecule has 0 amide bonds. The molecule has 0 aliphatic carbocycles. The van der Waals surface area contributed by atoms with Gasteiger partial charge in [-0.05, 0) is 12.3 Å². The molecule has 0 unspecified atom stereocenters. The van der Waals surface area contributed by atoms with Crippen molar-refractivity contribution in [2.45, 2.75) is 13.8 Å². The Labute approximate surface area is 39.0 Å². The van der Waals surface area contributed by atoms with Gasteiger partial charge in [-0.1, -0.05) is 13.8 Å². The van der Waals surface area contributed by atoms with Crippen LogP contribution in [0.3, 0.4) is 0 Å². The first kappa shape index (κ1) is 5.96. The molecule has 0 aromatic carbocycles. The quantitative estimate of drug-likeness (QED) is 0.529. The Morgan fingerprint density at radius 3 is 2.33 bits per heavy atom. The molecular weight excluding hydrogens is 76.1 g/mol. The first-order chi connectivity index (χ1) is 2.81. The van der Waals surface area contributed by atoms with E-state index >= 15 is 0 Å². The summed E-state index contributed by atoms with van der Waals surface area (Å²) >= 11 is 0. The van der Waals surface area contributed by atoms with Crippen LogP contribution < -0.4 is 0 Å². The number of rotatable bonds is 2. The Hall–Kier alpha value is -0.0400. The Kier molecular flexibility index (Phi) is 3.14. The summed E-state index contributed by atoms with van der Waals surface area (Å²) in [5.74, 6) is 0.366. The van der Waals surface area contributed by atoms with Crippen molar-refractivity contribution in [3.8, 4) is 0 Å². The van der Waals surface area contributed by atoms with Crippen molar-refractivity contribution in [1.29, 1.82) is 0 Å². The van der Waals surface area contributed by atoms with Gasteiger partial charge in [-0.3, -0.25) is 0 Å². The van der Waals surface area contributed by atoms with Crippen LogP contribution in [0.4, 0.5) is 0 Å². The van der Waals surface area contributed by atoms with E-state index < -0.39 is 0 Å². The van der Waals surface area contributed by atoms with E-state index in [4.69, 9.17) is 5.11 Å². The van der Waals surface area contributed by atoms with Crippen molar-refractivity contribution in [3.63, 3.8) is 0 Å². The van der Waals surface area contributed by atoms with Crippen LogP contribution in [0.15, 0.2) is 0 Å². The highest BCUT2D eigenvalue weighted by Gasteiger charge is 1.90. The highest BCUT2D eigenvalue weighted by Crippen LogP contribution is 1.93. The fraction of sp³-hybridized carbons (Fsp3) is 0.800. The van der Waals surface area contributed by atoms with E-state index in [9.17, 15) is 0 Å². The van der Waals surface area contributed by atoms with Crippen LogP contribution in [0.2, 0.25) is 0 Å². The summed E-state index contributed by atoms with van der Waals surface area (Å²) in [6, 6.07) is 0. The van der Waals surface area contributed by atoms with Crippen molar-refractivity contribution >= 4 is 0 Å². The lowest BCUT2D eigenvalue weighted by atomic mass is 10.1. The Bertz CT molecular complexity index is 23.1. The summed E-state index contributed by atoms with van der Waals surface area (Å²) in [5, 5.41) is 8.30. The summed E-state index contributed by atoms with van der Waals surface area (Å²) in [5.41, 5.74) is 0. The highest BCUT2D eigenvalue weighted by molar-refractivity contribution is 4.63. The molecule has 0 rings (SSSR count). The first-order valence-corrected chi connectivity index (χ1v) is 2.21. The Morgan fingerprint density at radius 1 is 1.83 bits per heavy atom. The molecule has 0 saturated heterocycles. The van der Waals surface area contributed by atoms with E-state index in [1.165, 1.54) is 0 Å². The fourth-order valence-electron chi connectivity index (χ4n) is 0.105. The van der Waals surface area contributed by atoms with E-state index in [0.29, 0.717) is 5.92 Å². The van der Waals surface area contributed by atoms with Crippen molar-refractivity contribution < 1.29 is 5.11 Å². The predicted octanol–water partition coefficient (Wildman–Crippen LogP) is 0.839. The van der Waals surface area contributed by atoms with Gasteiger partial charge in [0.1, 0.15) is 0 Å². The molecule has 0 aromatic heterocycles. The van der Waals surface area contributed by atoms with Crippen LogP contribution in [0.1, 0.15) is 13.8 Å². The minimum Gasteiger partial charge on any atom is -0.396 e. The van der Waals surface area contributed by atoms with Gasteiger partial charge in [0, 0.05) is 6.61 Å². The molecule has 37 valence electrons. The first-order valence-electron chi connectivity index (χ1n) is 2.21. The Morgan fingerprint density at radius 2 is 2.33 bits per heavy atom. The predicted molar refractivity (Wildman–Crippen MR) is 26.2 cm³/mol. The fourth-order valence-corrected chi connectivity index (χ4v) is 0.105. The minimum absolute atomic E-state index is 0.274. The van der Waals surface area contributed by atoms with E-state index in [-0.39, 0.29) is 6.61 Å². The minimum atomic E-state index is 0.274. The molecule has 1 radical (unpaired) electrons. The molecule has 1 nitrogen and oxygen atoms in total. The third-order valence-corrected chi connectivity index (χ3v) is 0.857. The molecule has 0 bridgehead atoms. The molecule has 0 aromatic rings. The monoisotopic (exact) mass is 87.1 g/mol. The van der Waals surface area contributed by atoms with E-state index in [1.807, 2.05) is 20.3 Å². The van der Waals surface area contributed by atoms with E-state index in [0.717, 1.165) is 0 Å². The molecule has 1 N–H and O–H groups in total. The molecular formula is C5H11O. The van der Waals surface area contributed by atoms with E-state index in [2.05, 4.69) is 0 Å². The zero-order valence-corrected chi connectivity index (χ0v) is 4.31. The number of aliphatic hydroxyl groups excluding tert-OH is 1. The van der Waals surface area contributed by atoms with Gasteiger partial charge < -0.3 is 5.11 Å². The average molecular weight is 87.1 g/mol. The molecule has 1 heteroatoms. The summed E-state index contributed by atoms with van der Waals surface area (Å²) < 4.78 is 0. The van der Waals surface area contributed by atoms with Crippen molar-refractivity contribution in [1.82, 2.24) is 0 Å². The highest BCUT2D eigenvalue weighted by atomic mass is 16.3. The molecule has 0 aliphatic rings. The van der Waals surface area contributed by atoms with Gasteiger partial charge in [0.05, 0.1) is 0 Å². The van der Waals surface area contributed by atoms with Crippen LogP contribution >= 0.6 is 0 Å². The van der Waals surface area contributed by atoms with Crippen LogP contribution in [-0.2, 0) is 0 Å². The number of aliphatic hydroxyl groups is 1. The third kappa shape index (κ3) is 2.21. The smallest absolute Gasteiger partial charge is 0.0459 e. The number of hydrogen-bond acceptors (Lipinski definition) is 1. The van der Waals surface area contributed by atoms with Crippen LogP contribution in [0, 0.1) is 12.3 Å². The second-order valence-corrected chi connectivity index (χ2v) is 1.49. The zero-order valence-electron chi connectivity index (χ0n) is 4.31. The Balaban J connectivity index is 2.75. The van der Waals surface area contributed by atoms with Gasteiger partial charge in [-0.25, -0.2) is 0 Å². The second-order valence-electron chi connectivity index (χ2n) is 1.49. The van der Waals surface area contributed by atoms with Gasteiger partial charge in [-0.15, -0.1) is 0 Å². The molecule has 0 fully saturated rings. The lowest BCUT2D eigenvalue weighted by Gasteiger charge is -1.97. The van der Waals surface area contributed by atoms with Gasteiger partial charge in [-0.2, -0.15) is 0 Å². The van der Waals surface area contributed by atoms with Gasteiger partial charge in [0.15, 0.2) is 0 Å². The standard InChI is InChI=1S/C5H11O/c1-3-5(2)4-6/h3,5-6H,4H2,1-2H3/t5-/m0/s1. The normalized spacial score (nSPS) is 14.5. The summed E-state index contributed by atoms with van der Waals surface area (Å²) in [7, 11) is 0. The lowest BCUT2D eigenvalue weighted by Crippen LogP contribution is -1.97. The maximum absolute atomic E-state index is 8.30. The molecule has 0 heterocycles. The second kappa shape index (κ2) is 3.16. The van der Waals surface area contributed by atoms with Crippen LogP contribution in [-0.4, -0.2) is 11.7 Å². The van der Waals surface area contributed by atoms with Gasteiger partial charge >= 0.3 is 0 Å². The average Bonchev–Trinajstić information content (AvgIpc) is 1.65. The third-order valence-electron chi connectivity index (χ3n) is 0.857. The van der Waals surface area contributed by atoms with Gasteiger partial charge in [0.2, 0.25) is 0 Å². The molecule has 6 heavy (non-hydrogen) atoms. The topological polar surface area (TPSA) is 20.2 Å². The molecule has 1 atom stereocenters. The van der Waals surface area contributed by atoms with Crippen LogP contribution in [0.25, 0.3) is 0 Å². The molecule has 0 aliphatic heterocycles. The zero-order chi connectivity index (χ0) is 4.99. The molecule has 0 saturated carbocycles. The molecule has 0 spiro atoms. The summed E-state index contributed by atoms with van der Waals surface area (Å²) in [4.78, 5) is 0.